The molecule has 0 radical (unpaired) electrons. The Kier molecular flexibility index (Phi) is 2.52. The molecule has 0 aliphatic heterocycles. The lowest BCUT2D eigenvalue weighted by molar-refractivity contribution is 0.284. The van der Waals surface area contributed by atoms with Crippen LogP contribution in [0.15, 0.2) is 0 Å². The van der Waals surface area contributed by atoms with Crippen LogP contribution in [0.4, 0.5) is 0 Å². The second-order valence-electron chi connectivity index (χ2n) is 3.35. The third kappa shape index (κ3) is 2.35. The van der Waals surface area contributed by atoms with E-state index in [0.29, 0.717) is 6.04 Å². The lowest BCUT2D eigenvalue weighted by Gasteiger charge is -2.25. The standard InChI is InChI=1S/C8H17N/c1-7(9)5-6-8-3-2-4-8/h7-8H,2-6,9H2,1H3/t7-/m0/s1. The summed E-state index contributed by atoms with van der Waals surface area (Å²) in [6, 6.07) is 0.422. The van der Waals surface area contributed by atoms with Gasteiger partial charge in [-0.3, -0.25) is 0 Å². The molecule has 1 atom stereocenters. The summed E-state index contributed by atoms with van der Waals surface area (Å²) in [7, 11) is 0. The molecular weight excluding hydrogens is 110 g/mol. The zero-order chi connectivity index (χ0) is 6.69. The molecule has 1 aliphatic carbocycles. The summed E-state index contributed by atoms with van der Waals surface area (Å²) in [5.41, 5.74) is 5.62. The minimum absolute atomic E-state index is 0.422. The van der Waals surface area contributed by atoms with Gasteiger partial charge in [0.25, 0.3) is 0 Å². The van der Waals surface area contributed by atoms with Crippen molar-refractivity contribution >= 4 is 0 Å². The second-order valence-corrected chi connectivity index (χ2v) is 3.35. The molecule has 0 aromatic rings. The summed E-state index contributed by atoms with van der Waals surface area (Å²) in [4.78, 5) is 0. The first kappa shape index (κ1) is 7.07. The molecule has 1 saturated carbocycles. The summed E-state index contributed by atoms with van der Waals surface area (Å²) in [6.07, 6.45) is 6.99. The largest absolute Gasteiger partial charge is 0.328 e. The quantitative estimate of drug-likeness (QED) is 0.615. The molecule has 0 bridgehead atoms. The van der Waals surface area contributed by atoms with Gasteiger partial charge >= 0.3 is 0 Å². The molecule has 0 saturated heterocycles. The van der Waals surface area contributed by atoms with Gasteiger partial charge in [-0.15, -0.1) is 0 Å². The third-order valence-corrected chi connectivity index (χ3v) is 2.26. The SMILES string of the molecule is C[C@H](N)CCC1CCC1. The Labute approximate surface area is 57.6 Å². The normalized spacial score (nSPS) is 23.3. The average molecular weight is 127 g/mol. The van der Waals surface area contributed by atoms with E-state index in [1.807, 2.05) is 0 Å². The van der Waals surface area contributed by atoms with E-state index in [9.17, 15) is 0 Å². The van der Waals surface area contributed by atoms with Gasteiger partial charge in [0.15, 0.2) is 0 Å². The summed E-state index contributed by atoms with van der Waals surface area (Å²) >= 11 is 0. The van der Waals surface area contributed by atoms with Crippen LogP contribution in [-0.2, 0) is 0 Å². The fourth-order valence-corrected chi connectivity index (χ4v) is 1.28. The van der Waals surface area contributed by atoms with E-state index in [2.05, 4.69) is 6.92 Å². The fourth-order valence-electron chi connectivity index (χ4n) is 1.28. The van der Waals surface area contributed by atoms with Crippen LogP contribution in [0.3, 0.4) is 0 Å². The van der Waals surface area contributed by atoms with E-state index >= 15 is 0 Å². The van der Waals surface area contributed by atoms with Crippen LogP contribution in [0.1, 0.15) is 39.0 Å². The van der Waals surface area contributed by atoms with E-state index in [1.54, 1.807) is 0 Å². The van der Waals surface area contributed by atoms with Crippen molar-refractivity contribution in [2.24, 2.45) is 11.7 Å². The van der Waals surface area contributed by atoms with Crippen LogP contribution < -0.4 is 5.73 Å². The highest BCUT2D eigenvalue weighted by Crippen LogP contribution is 2.30. The van der Waals surface area contributed by atoms with E-state index in [1.165, 1.54) is 32.1 Å². The van der Waals surface area contributed by atoms with Gasteiger partial charge in [0, 0.05) is 6.04 Å². The number of hydrogen-bond donors (Lipinski definition) is 1. The van der Waals surface area contributed by atoms with Crippen molar-refractivity contribution in [2.45, 2.75) is 45.1 Å². The zero-order valence-corrected chi connectivity index (χ0v) is 6.27. The zero-order valence-electron chi connectivity index (χ0n) is 6.27. The predicted molar refractivity (Wildman–Crippen MR) is 40.2 cm³/mol. The molecule has 0 aromatic carbocycles. The lowest BCUT2D eigenvalue weighted by atomic mass is 9.81. The monoisotopic (exact) mass is 127 g/mol. The first-order valence-electron chi connectivity index (χ1n) is 4.04. The van der Waals surface area contributed by atoms with Crippen LogP contribution in [0, 0.1) is 5.92 Å². The molecule has 0 aromatic heterocycles. The maximum absolute atomic E-state index is 5.62. The highest BCUT2D eigenvalue weighted by atomic mass is 14.6. The molecule has 1 fully saturated rings. The average Bonchev–Trinajstić information content (AvgIpc) is 1.60. The van der Waals surface area contributed by atoms with Crippen LogP contribution in [0.5, 0.6) is 0 Å². The Morgan fingerprint density at radius 1 is 1.56 bits per heavy atom. The van der Waals surface area contributed by atoms with Crippen molar-refractivity contribution in [3.8, 4) is 0 Å². The molecule has 2 N–H and O–H groups in total. The van der Waals surface area contributed by atoms with Gasteiger partial charge in [-0.1, -0.05) is 19.3 Å². The molecule has 54 valence electrons. The number of rotatable bonds is 3. The van der Waals surface area contributed by atoms with Crippen LogP contribution >= 0.6 is 0 Å². The molecule has 1 aliphatic rings. The van der Waals surface area contributed by atoms with E-state index in [4.69, 9.17) is 5.73 Å². The van der Waals surface area contributed by atoms with Crippen LogP contribution in [0.25, 0.3) is 0 Å². The van der Waals surface area contributed by atoms with Gasteiger partial charge in [-0.25, -0.2) is 0 Å². The highest BCUT2D eigenvalue weighted by molar-refractivity contribution is 4.70. The minimum atomic E-state index is 0.422. The Morgan fingerprint density at radius 3 is 2.56 bits per heavy atom. The first-order valence-corrected chi connectivity index (χ1v) is 4.04. The van der Waals surface area contributed by atoms with Crippen LogP contribution in [-0.4, -0.2) is 6.04 Å². The van der Waals surface area contributed by atoms with Gasteiger partial charge in [-0.2, -0.15) is 0 Å². The molecule has 0 spiro atoms. The molecular formula is C8H17N. The van der Waals surface area contributed by atoms with Crippen molar-refractivity contribution in [2.75, 3.05) is 0 Å². The second kappa shape index (κ2) is 3.21. The van der Waals surface area contributed by atoms with Gasteiger partial charge in [0.2, 0.25) is 0 Å². The maximum Gasteiger partial charge on any atom is 0.00105 e. The van der Waals surface area contributed by atoms with Crippen molar-refractivity contribution in [3.63, 3.8) is 0 Å². The van der Waals surface area contributed by atoms with Crippen LogP contribution in [0.2, 0.25) is 0 Å². The van der Waals surface area contributed by atoms with Gasteiger partial charge < -0.3 is 5.73 Å². The van der Waals surface area contributed by atoms with E-state index in [0.717, 1.165) is 5.92 Å². The van der Waals surface area contributed by atoms with Crippen molar-refractivity contribution in [1.82, 2.24) is 0 Å². The fraction of sp³-hybridized carbons (Fsp3) is 1.00. The Morgan fingerprint density at radius 2 is 2.22 bits per heavy atom. The molecule has 9 heavy (non-hydrogen) atoms. The van der Waals surface area contributed by atoms with Crippen molar-refractivity contribution in [1.29, 1.82) is 0 Å². The molecule has 1 rings (SSSR count). The Hall–Kier alpha value is -0.0400. The molecule has 0 unspecified atom stereocenters. The molecule has 0 heterocycles. The van der Waals surface area contributed by atoms with Crippen molar-refractivity contribution in [3.05, 3.63) is 0 Å². The number of nitrogens with two attached hydrogens (primary N) is 1. The minimum Gasteiger partial charge on any atom is -0.328 e. The first-order chi connectivity index (χ1) is 4.29. The smallest absolute Gasteiger partial charge is 0.00105 e. The van der Waals surface area contributed by atoms with E-state index < -0.39 is 0 Å². The predicted octanol–water partition coefficient (Wildman–Crippen LogP) is 1.91. The summed E-state index contributed by atoms with van der Waals surface area (Å²) in [6.45, 7) is 2.10. The summed E-state index contributed by atoms with van der Waals surface area (Å²) in [5, 5.41) is 0. The highest BCUT2D eigenvalue weighted by Gasteiger charge is 2.16. The topological polar surface area (TPSA) is 26.0 Å². The summed E-state index contributed by atoms with van der Waals surface area (Å²) in [5.74, 6) is 1.04. The van der Waals surface area contributed by atoms with Gasteiger partial charge in [0.1, 0.15) is 0 Å². The van der Waals surface area contributed by atoms with Gasteiger partial charge in [-0.05, 0) is 25.7 Å². The Bertz CT molecular complexity index is 74.6. The summed E-state index contributed by atoms with van der Waals surface area (Å²) < 4.78 is 0. The molecule has 1 nitrogen and oxygen atoms in total. The Balaban J connectivity index is 1.91. The van der Waals surface area contributed by atoms with E-state index in [-0.39, 0.29) is 0 Å². The molecule has 0 amide bonds. The molecule has 1 heteroatoms. The van der Waals surface area contributed by atoms with Crippen molar-refractivity contribution < 1.29 is 0 Å². The lowest BCUT2D eigenvalue weighted by Crippen LogP contribution is -2.19. The maximum atomic E-state index is 5.62. The number of hydrogen-bond acceptors (Lipinski definition) is 1. The van der Waals surface area contributed by atoms with Gasteiger partial charge in [0.05, 0.1) is 0 Å². The third-order valence-electron chi connectivity index (χ3n) is 2.26.